The summed E-state index contributed by atoms with van der Waals surface area (Å²) in [6.07, 6.45) is 0.621. The standard InChI is InChI=1S/C22H19N5O2/c1-14-23-20(27-26-14)12-15-8-10-18(11-9-15)24-22(29)17-5-2-4-16(13-17)19-6-3-7-21(28)25-19/h2-11,13H,12H2,1H3,(H,24,29)(H,25,28)(H,23,26,27). The van der Waals surface area contributed by atoms with Crippen molar-refractivity contribution in [1.82, 2.24) is 20.2 Å². The van der Waals surface area contributed by atoms with Crippen LogP contribution in [0.5, 0.6) is 0 Å². The third kappa shape index (κ3) is 4.47. The Balaban J connectivity index is 1.46. The van der Waals surface area contributed by atoms with E-state index >= 15 is 0 Å². The minimum absolute atomic E-state index is 0.183. The number of aromatic nitrogens is 4. The molecule has 0 radical (unpaired) electrons. The predicted molar refractivity (Wildman–Crippen MR) is 111 cm³/mol. The van der Waals surface area contributed by atoms with Gasteiger partial charge >= 0.3 is 0 Å². The second-order valence-electron chi connectivity index (χ2n) is 6.67. The fourth-order valence-corrected chi connectivity index (χ4v) is 3.00. The van der Waals surface area contributed by atoms with Crippen LogP contribution in [0.25, 0.3) is 11.3 Å². The zero-order valence-corrected chi connectivity index (χ0v) is 15.8. The van der Waals surface area contributed by atoms with Crippen LogP contribution in [0.15, 0.2) is 71.5 Å². The number of carbonyl (C=O) groups is 1. The molecule has 0 bridgehead atoms. The van der Waals surface area contributed by atoms with Crippen molar-refractivity contribution in [2.45, 2.75) is 13.3 Å². The SMILES string of the molecule is Cc1nc(Cc2ccc(NC(=O)c3cccc(-c4cccc(=O)[nH]4)c3)cc2)n[nH]1. The summed E-state index contributed by atoms with van der Waals surface area (Å²) in [5.41, 5.74) is 3.51. The summed E-state index contributed by atoms with van der Waals surface area (Å²) < 4.78 is 0. The van der Waals surface area contributed by atoms with Crippen molar-refractivity contribution in [3.8, 4) is 11.3 Å². The van der Waals surface area contributed by atoms with E-state index in [-0.39, 0.29) is 11.5 Å². The molecular weight excluding hydrogens is 366 g/mol. The van der Waals surface area contributed by atoms with Crippen LogP contribution in [0.2, 0.25) is 0 Å². The molecule has 0 unspecified atom stereocenters. The first-order valence-corrected chi connectivity index (χ1v) is 9.15. The molecule has 0 aliphatic rings. The zero-order chi connectivity index (χ0) is 20.2. The molecular formula is C22H19N5O2. The lowest BCUT2D eigenvalue weighted by Gasteiger charge is -2.08. The number of hydrogen-bond acceptors (Lipinski definition) is 4. The molecule has 3 N–H and O–H groups in total. The fourth-order valence-electron chi connectivity index (χ4n) is 3.00. The Hall–Kier alpha value is -4.00. The quantitative estimate of drug-likeness (QED) is 0.490. The minimum atomic E-state index is -0.220. The lowest BCUT2D eigenvalue weighted by Crippen LogP contribution is -2.12. The first-order chi connectivity index (χ1) is 14.1. The molecule has 7 heteroatoms. The van der Waals surface area contributed by atoms with E-state index in [4.69, 9.17) is 0 Å². The summed E-state index contributed by atoms with van der Waals surface area (Å²) in [5.74, 6) is 1.29. The average Bonchev–Trinajstić information content (AvgIpc) is 3.14. The number of aromatic amines is 2. The Bertz CT molecular complexity index is 1210. The molecule has 0 saturated carbocycles. The first kappa shape index (κ1) is 18.4. The van der Waals surface area contributed by atoms with Gasteiger partial charge in [-0.1, -0.05) is 30.3 Å². The van der Waals surface area contributed by atoms with Gasteiger partial charge in [-0.15, -0.1) is 0 Å². The van der Waals surface area contributed by atoms with Crippen molar-refractivity contribution >= 4 is 11.6 Å². The summed E-state index contributed by atoms with van der Waals surface area (Å²) in [6, 6.07) is 19.6. The van der Waals surface area contributed by atoms with Crippen LogP contribution in [0, 0.1) is 6.92 Å². The van der Waals surface area contributed by atoms with Gasteiger partial charge in [0.2, 0.25) is 5.56 Å². The number of pyridine rings is 1. The van der Waals surface area contributed by atoms with Gasteiger partial charge in [0.15, 0.2) is 5.82 Å². The Kier molecular flexibility index (Phi) is 5.03. The number of amides is 1. The number of hydrogen-bond donors (Lipinski definition) is 3. The van der Waals surface area contributed by atoms with Crippen molar-refractivity contribution in [2.75, 3.05) is 5.32 Å². The van der Waals surface area contributed by atoms with E-state index in [1.165, 1.54) is 6.07 Å². The van der Waals surface area contributed by atoms with Gasteiger partial charge in [-0.2, -0.15) is 5.10 Å². The number of nitrogens with zero attached hydrogens (tertiary/aromatic N) is 2. The van der Waals surface area contributed by atoms with E-state index < -0.39 is 0 Å². The van der Waals surface area contributed by atoms with Gasteiger partial charge in [-0.3, -0.25) is 14.7 Å². The van der Waals surface area contributed by atoms with E-state index in [1.807, 2.05) is 37.3 Å². The fraction of sp³-hybridized carbons (Fsp3) is 0.0909. The van der Waals surface area contributed by atoms with Gasteiger partial charge in [-0.25, -0.2) is 4.98 Å². The van der Waals surface area contributed by atoms with Gasteiger partial charge in [0.25, 0.3) is 5.91 Å². The van der Waals surface area contributed by atoms with Gasteiger partial charge in [0.1, 0.15) is 5.82 Å². The number of carbonyl (C=O) groups excluding carboxylic acids is 1. The third-order valence-corrected chi connectivity index (χ3v) is 4.42. The molecule has 0 aliphatic heterocycles. The van der Waals surface area contributed by atoms with Crippen molar-refractivity contribution < 1.29 is 4.79 Å². The normalized spacial score (nSPS) is 10.7. The van der Waals surface area contributed by atoms with Crippen molar-refractivity contribution in [3.05, 3.63) is 99.9 Å². The number of rotatable bonds is 5. The maximum atomic E-state index is 12.6. The monoisotopic (exact) mass is 385 g/mol. The highest BCUT2D eigenvalue weighted by molar-refractivity contribution is 6.04. The first-order valence-electron chi connectivity index (χ1n) is 9.15. The Labute approximate surface area is 166 Å². The summed E-state index contributed by atoms with van der Waals surface area (Å²) in [4.78, 5) is 31.2. The average molecular weight is 385 g/mol. The van der Waals surface area contributed by atoms with Gasteiger partial charge in [-0.05, 0) is 48.4 Å². The lowest BCUT2D eigenvalue weighted by atomic mass is 10.1. The molecule has 2 aromatic carbocycles. The highest BCUT2D eigenvalue weighted by Crippen LogP contribution is 2.18. The summed E-state index contributed by atoms with van der Waals surface area (Å²) >= 11 is 0. The zero-order valence-electron chi connectivity index (χ0n) is 15.8. The van der Waals surface area contributed by atoms with Gasteiger partial charge < -0.3 is 10.3 Å². The van der Waals surface area contributed by atoms with Gasteiger partial charge in [0.05, 0.1) is 0 Å². The number of aryl methyl sites for hydroxylation is 1. The second-order valence-corrected chi connectivity index (χ2v) is 6.67. The van der Waals surface area contributed by atoms with Crippen LogP contribution in [0.1, 0.15) is 27.6 Å². The topological polar surface area (TPSA) is 104 Å². The number of anilines is 1. The maximum Gasteiger partial charge on any atom is 0.255 e. The van der Waals surface area contributed by atoms with E-state index in [0.29, 0.717) is 23.4 Å². The molecule has 0 aliphatic carbocycles. The summed E-state index contributed by atoms with van der Waals surface area (Å²) in [6.45, 7) is 1.86. The van der Waals surface area contributed by atoms with E-state index in [2.05, 4.69) is 25.5 Å². The number of H-pyrrole nitrogens is 2. The molecule has 29 heavy (non-hydrogen) atoms. The van der Waals surface area contributed by atoms with Crippen molar-refractivity contribution in [1.29, 1.82) is 0 Å². The van der Waals surface area contributed by atoms with Crippen LogP contribution in [0.3, 0.4) is 0 Å². The largest absolute Gasteiger partial charge is 0.322 e. The smallest absolute Gasteiger partial charge is 0.255 e. The van der Waals surface area contributed by atoms with Crippen LogP contribution in [0.4, 0.5) is 5.69 Å². The number of nitrogens with one attached hydrogen (secondary N) is 3. The van der Waals surface area contributed by atoms with Crippen molar-refractivity contribution in [2.24, 2.45) is 0 Å². The molecule has 7 nitrogen and oxygen atoms in total. The molecule has 2 aromatic heterocycles. The molecule has 4 rings (SSSR count). The lowest BCUT2D eigenvalue weighted by molar-refractivity contribution is 0.102. The molecule has 2 heterocycles. The van der Waals surface area contributed by atoms with E-state index in [9.17, 15) is 9.59 Å². The molecule has 0 fully saturated rings. The molecule has 0 saturated heterocycles. The third-order valence-electron chi connectivity index (χ3n) is 4.42. The minimum Gasteiger partial charge on any atom is -0.322 e. The maximum absolute atomic E-state index is 12.6. The Morgan fingerprint density at radius 2 is 1.83 bits per heavy atom. The number of benzene rings is 2. The molecule has 1 amide bonds. The Morgan fingerprint density at radius 1 is 1.03 bits per heavy atom. The summed E-state index contributed by atoms with van der Waals surface area (Å²) in [7, 11) is 0. The van der Waals surface area contributed by atoms with Crippen LogP contribution in [-0.4, -0.2) is 26.1 Å². The molecule has 0 spiro atoms. The van der Waals surface area contributed by atoms with Crippen LogP contribution >= 0.6 is 0 Å². The second kappa shape index (κ2) is 7.93. The summed E-state index contributed by atoms with van der Waals surface area (Å²) in [5, 5.41) is 9.85. The molecule has 144 valence electrons. The highest BCUT2D eigenvalue weighted by atomic mass is 16.1. The molecule has 0 atom stereocenters. The predicted octanol–water partition coefficient (Wildman–Crippen LogP) is 3.31. The Morgan fingerprint density at radius 3 is 2.55 bits per heavy atom. The molecule has 4 aromatic rings. The van der Waals surface area contributed by atoms with Gasteiger partial charge in [0, 0.05) is 29.4 Å². The van der Waals surface area contributed by atoms with E-state index in [1.54, 1.807) is 30.3 Å². The highest BCUT2D eigenvalue weighted by Gasteiger charge is 2.09. The van der Waals surface area contributed by atoms with Crippen molar-refractivity contribution in [3.63, 3.8) is 0 Å². The van der Waals surface area contributed by atoms with Crippen LogP contribution in [-0.2, 0) is 6.42 Å². The van der Waals surface area contributed by atoms with E-state index in [0.717, 1.165) is 22.8 Å². The van der Waals surface area contributed by atoms with Crippen LogP contribution < -0.4 is 10.9 Å².